The minimum atomic E-state index is -0.358. The normalized spacial score (nSPS) is 8.50. The van der Waals surface area contributed by atoms with Crippen LogP contribution in [0.3, 0.4) is 0 Å². The third-order valence-electron chi connectivity index (χ3n) is 1.69. The van der Waals surface area contributed by atoms with E-state index in [0.717, 1.165) is 0 Å². The second-order valence-corrected chi connectivity index (χ2v) is 2.61. The Morgan fingerprint density at radius 1 is 1.50 bits per heavy atom. The van der Waals surface area contributed by atoms with E-state index in [9.17, 15) is 4.79 Å². The van der Waals surface area contributed by atoms with Crippen molar-refractivity contribution in [3.05, 3.63) is 22.2 Å². The van der Waals surface area contributed by atoms with Gasteiger partial charge in [-0.05, 0) is 6.92 Å². The number of rotatable bonds is 1. The molecule has 0 saturated carbocycles. The van der Waals surface area contributed by atoms with Gasteiger partial charge in [0.15, 0.2) is 0 Å². The van der Waals surface area contributed by atoms with Gasteiger partial charge < -0.3 is 11.5 Å². The van der Waals surface area contributed by atoms with Gasteiger partial charge in [-0.2, -0.15) is 4.98 Å². The molecule has 0 aromatic carbocycles. The Morgan fingerprint density at radius 2 is 2.12 bits per heavy atom. The summed E-state index contributed by atoms with van der Waals surface area (Å²) in [6.45, 7) is 6.65. The van der Waals surface area contributed by atoms with Crippen molar-refractivity contribution in [2.24, 2.45) is 5.73 Å². The molecule has 4 N–H and O–H groups in total. The molecule has 0 aliphatic rings. The van der Waals surface area contributed by atoms with E-state index in [-0.39, 0.29) is 18.1 Å². The quantitative estimate of drug-likeness (QED) is 0.664. The molecule has 1 aromatic heterocycles. The second kappa shape index (κ2) is 7.49. The molecule has 1 aromatic rings. The maximum atomic E-state index is 11.2. The first-order valence-corrected chi connectivity index (χ1v) is 5.25. The van der Waals surface area contributed by atoms with Crippen molar-refractivity contribution in [3.8, 4) is 11.8 Å². The highest BCUT2D eigenvalue weighted by Gasteiger charge is 2.01. The van der Waals surface area contributed by atoms with Gasteiger partial charge in [0.05, 0.1) is 12.1 Å². The minimum absolute atomic E-state index is 0.153. The number of nitrogen functional groups attached to an aromatic ring is 1. The van der Waals surface area contributed by atoms with Crippen LogP contribution in [0.15, 0.2) is 11.0 Å². The lowest BCUT2D eigenvalue weighted by Crippen LogP contribution is -2.23. The van der Waals surface area contributed by atoms with Crippen LogP contribution < -0.4 is 17.2 Å². The molecule has 0 aliphatic carbocycles. The third kappa shape index (κ3) is 3.75. The fraction of sp³-hybridized carbons (Fsp3) is 0.455. The van der Waals surface area contributed by atoms with Crippen LogP contribution in [0.2, 0.25) is 0 Å². The zero-order chi connectivity index (χ0) is 12.6. The zero-order valence-electron chi connectivity index (χ0n) is 9.95. The molecule has 0 radical (unpaired) electrons. The summed E-state index contributed by atoms with van der Waals surface area (Å²) in [5, 5.41) is 0. The zero-order valence-corrected chi connectivity index (χ0v) is 9.95. The Kier molecular flexibility index (Phi) is 6.64. The standard InChI is InChI=1S/C9H12N4O.C2H6/c1-2-13-6-7(4-3-5-10)8(11)12-9(13)14;1-2/h6H,2,5,10H2,1H3,(H2,11,12,14);1-2H3. The van der Waals surface area contributed by atoms with E-state index in [1.54, 1.807) is 6.20 Å². The SMILES string of the molecule is CC.CCn1cc(C#CCN)c(N)nc1=O. The van der Waals surface area contributed by atoms with E-state index >= 15 is 0 Å². The predicted octanol–water partition coefficient (Wildman–Crippen LogP) is 0.182. The Labute approximate surface area is 95.5 Å². The molecule has 0 fully saturated rings. The van der Waals surface area contributed by atoms with E-state index in [0.29, 0.717) is 12.1 Å². The minimum Gasteiger partial charge on any atom is -0.382 e. The average molecular weight is 222 g/mol. The van der Waals surface area contributed by atoms with Crippen molar-refractivity contribution in [1.29, 1.82) is 0 Å². The highest BCUT2D eigenvalue weighted by atomic mass is 16.1. The van der Waals surface area contributed by atoms with Gasteiger partial charge >= 0.3 is 5.69 Å². The van der Waals surface area contributed by atoms with E-state index in [2.05, 4.69) is 16.8 Å². The van der Waals surface area contributed by atoms with Gasteiger partial charge in [-0.3, -0.25) is 4.57 Å². The molecule has 5 nitrogen and oxygen atoms in total. The highest BCUT2D eigenvalue weighted by molar-refractivity contribution is 5.48. The van der Waals surface area contributed by atoms with Gasteiger partial charge in [-0.15, -0.1) is 0 Å². The molecular formula is C11H18N4O. The molecule has 0 bridgehead atoms. The molecule has 1 heterocycles. The molecule has 0 atom stereocenters. The van der Waals surface area contributed by atoms with Crippen LogP contribution in [0, 0.1) is 11.8 Å². The molecular weight excluding hydrogens is 204 g/mol. The molecule has 0 unspecified atom stereocenters. The summed E-state index contributed by atoms with van der Waals surface area (Å²) < 4.78 is 1.44. The van der Waals surface area contributed by atoms with E-state index in [1.165, 1.54) is 4.57 Å². The summed E-state index contributed by atoms with van der Waals surface area (Å²) in [7, 11) is 0. The summed E-state index contributed by atoms with van der Waals surface area (Å²) in [4.78, 5) is 14.8. The summed E-state index contributed by atoms with van der Waals surface area (Å²) in [6, 6.07) is 0. The first-order valence-electron chi connectivity index (χ1n) is 5.25. The number of nitrogens with zero attached hydrogens (tertiary/aromatic N) is 2. The largest absolute Gasteiger partial charge is 0.382 e. The summed E-state index contributed by atoms with van der Waals surface area (Å²) in [5.74, 6) is 5.56. The average Bonchev–Trinajstić information content (AvgIpc) is 2.31. The maximum absolute atomic E-state index is 11.2. The molecule has 1 rings (SSSR count). The fourth-order valence-corrected chi connectivity index (χ4v) is 0.974. The Morgan fingerprint density at radius 3 is 2.62 bits per heavy atom. The van der Waals surface area contributed by atoms with Crippen molar-refractivity contribution >= 4 is 5.82 Å². The third-order valence-corrected chi connectivity index (χ3v) is 1.69. The number of hydrogen-bond donors (Lipinski definition) is 2. The molecule has 0 saturated heterocycles. The Hall–Kier alpha value is -1.80. The molecule has 0 aliphatic heterocycles. The van der Waals surface area contributed by atoms with Gasteiger partial charge in [0, 0.05) is 12.7 Å². The lowest BCUT2D eigenvalue weighted by Gasteiger charge is -2.02. The summed E-state index contributed by atoms with van der Waals surface area (Å²) in [5.41, 5.74) is 10.9. The van der Waals surface area contributed by atoms with Crippen LogP contribution in [0.4, 0.5) is 5.82 Å². The number of nitrogens with two attached hydrogens (primary N) is 2. The first-order chi connectivity index (χ1) is 7.69. The van der Waals surface area contributed by atoms with E-state index < -0.39 is 0 Å². The maximum Gasteiger partial charge on any atom is 0.349 e. The van der Waals surface area contributed by atoms with Gasteiger partial charge in [0.2, 0.25) is 0 Å². The van der Waals surface area contributed by atoms with Gasteiger partial charge in [0.25, 0.3) is 0 Å². The van der Waals surface area contributed by atoms with Crippen molar-refractivity contribution < 1.29 is 0 Å². The van der Waals surface area contributed by atoms with Gasteiger partial charge in [-0.25, -0.2) is 4.79 Å². The van der Waals surface area contributed by atoms with Crippen molar-refractivity contribution in [2.45, 2.75) is 27.3 Å². The van der Waals surface area contributed by atoms with E-state index in [4.69, 9.17) is 11.5 Å². The van der Waals surface area contributed by atoms with Crippen molar-refractivity contribution in [3.63, 3.8) is 0 Å². The molecule has 0 amide bonds. The van der Waals surface area contributed by atoms with Crippen LogP contribution in [0.1, 0.15) is 26.3 Å². The van der Waals surface area contributed by atoms with Crippen LogP contribution in [-0.4, -0.2) is 16.1 Å². The van der Waals surface area contributed by atoms with E-state index in [1.807, 2.05) is 20.8 Å². The molecule has 5 heteroatoms. The first kappa shape index (κ1) is 14.2. The predicted molar refractivity (Wildman–Crippen MR) is 65.9 cm³/mol. The van der Waals surface area contributed by atoms with Crippen LogP contribution in [0.25, 0.3) is 0 Å². The van der Waals surface area contributed by atoms with Crippen LogP contribution in [0.5, 0.6) is 0 Å². The van der Waals surface area contributed by atoms with Gasteiger partial charge in [-0.1, -0.05) is 25.7 Å². The van der Waals surface area contributed by atoms with Crippen molar-refractivity contribution in [2.75, 3.05) is 12.3 Å². The smallest absolute Gasteiger partial charge is 0.349 e. The lowest BCUT2D eigenvalue weighted by atomic mass is 10.3. The van der Waals surface area contributed by atoms with Crippen LogP contribution >= 0.6 is 0 Å². The monoisotopic (exact) mass is 222 g/mol. The number of aromatic nitrogens is 2. The summed E-state index contributed by atoms with van der Waals surface area (Å²) in [6.07, 6.45) is 1.59. The molecule has 16 heavy (non-hydrogen) atoms. The summed E-state index contributed by atoms with van der Waals surface area (Å²) >= 11 is 0. The molecule has 88 valence electrons. The Balaban J connectivity index is 0.00000106. The fourth-order valence-electron chi connectivity index (χ4n) is 0.974. The highest BCUT2D eigenvalue weighted by Crippen LogP contribution is 2.01. The lowest BCUT2D eigenvalue weighted by molar-refractivity contribution is 0.699. The topological polar surface area (TPSA) is 86.9 Å². The van der Waals surface area contributed by atoms with Gasteiger partial charge in [0.1, 0.15) is 5.82 Å². The Bertz CT molecular complexity index is 440. The number of anilines is 1. The molecule has 0 spiro atoms. The second-order valence-electron chi connectivity index (χ2n) is 2.61. The van der Waals surface area contributed by atoms with Crippen LogP contribution in [-0.2, 0) is 6.54 Å². The number of hydrogen-bond acceptors (Lipinski definition) is 4. The van der Waals surface area contributed by atoms with Crippen molar-refractivity contribution in [1.82, 2.24) is 9.55 Å². The number of aryl methyl sites for hydroxylation is 1.